The van der Waals surface area contributed by atoms with Crippen LogP contribution in [0.1, 0.15) is 20.8 Å². The van der Waals surface area contributed by atoms with Gasteiger partial charge in [0.1, 0.15) is 11.4 Å². The molecule has 1 saturated heterocycles. The van der Waals surface area contributed by atoms with Gasteiger partial charge in [-0.25, -0.2) is 4.98 Å². The minimum absolute atomic E-state index is 0.251. The quantitative estimate of drug-likeness (QED) is 0.788. The zero-order valence-corrected chi connectivity index (χ0v) is 11.9. The van der Waals surface area contributed by atoms with Gasteiger partial charge in [-0.2, -0.15) is 0 Å². The third kappa shape index (κ3) is 2.32. The second-order valence-electron chi connectivity index (χ2n) is 6.11. The van der Waals surface area contributed by atoms with Gasteiger partial charge < -0.3 is 9.32 Å². The maximum Gasteiger partial charge on any atom is 0.139 e. The summed E-state index contributed by atoms with van der Waals surface area (Å²) in [4.78, 5) is 9.43. The lowest BCUT2D eigenvalue weighted by molar-refractivity contribution is 0.128. The summed E-state index contributed by atoms with van der Waals surface area (Å²) >= 11 is 0. The van der Waals surface area contributed by atoms with Gasteiger partial charge in [-0.3, -0.25) is 4.90 Å². The first-order valence-corrected chi connectivity index (χ1v) is 6.88. The standard InChI is InChI=1S/C15H21N3O/c1-15(2,3)18-9-7-17(8-10-18)14-12-5-11-19-13(12)4-6-16-14/h4-6,11H,7-10H2,1-3H3. The van der Waals surface area contributed by atoms with Crippen molar-refractivity contribution in [1.82, 2.24) is 9.88 Å². The average Bonchev–Trinajstić information content (AvgIpc) is 2.86. The molecule has 0 N–H and O–H groups in total. The molecule has 4 heteroatoms. The lowest BCUT2D eigenvalue weighted by Gasteiger charge is -2.42. The molecule has 1 aliphatic rings. The van der Waals surface area contributed by atoms with Crippen LogP contribution in [0, 0.1) is 0 Å². The molecule has 0 aromatic carbocycles. The monoisotopic (exact) mass is 259 g/mol. The van der Waals surface area contributed by atoms with Crippen molar-refractivity contribution >= 4 is 16.8 Å². The molecule has 3 rings (SSSR count). The Kier molecular flexibility index (Phi) is 2.97. The Bertz CT molecular complexity index is 562. The van der Waals surface area contributed by atoms with Crippen molar-refractivity contribution in [2.75, 3.05) is 31.1 Å². The maximum atomic E-state index is 5.45. The summed E-state index contributed by atoms with van der Waals surface area (Å²) < 4.78 is 5.45. The van der Waals surface area contributed by atoms with Crippen molar-refractivity contribution in [2.24, 2.45) is 0 Å². The van der Waals surface area contributed by atoms with Crippen molar-refractivity contribution in [3.63, 3.8) is 0 Å². The molecule has 0 unspecified atom stereocenters. The Hall–Kier alpha value is -1.55. The highest BCUT2D eigenvalue weighted by Gasteiger charge is 2.26. The lowest BCUT2D eigenvalue weighted by atomic mass is 10.0. The Balaban J connectivity index is 1.80. The Morgan fingerprint density at radius 1 is 1.11 bits per heavy atom. The van der Waals surface area contributed by atoms with E-state index in [1.54, 1.807) is 6.26 Å². The Labute approximate surface area is 114 Å². The van der Waals surface area contributed by atoms with E-state index in [9.17, 15) is 0 Å². The zero-order valence-electron chi connectivity index (χ0n) is 11.9. The van der Waals surface area contributed by atoms with E-state index in [1.807, 2.05) is 18.3 Å². The van der Waals surface area contributed by atoms with Gasteiger partial charge in [0.25, 0.3) is 0 Å². The van der Waals surface area contributed by atoms with Gasteiger partial charge in [0.15, 0.2) is 0 Å². The van der Waals surface area contributed by atoms with Gasteiger partial charge >= 0.3 is 0 Å². The van der Waals surface area contributed by atoms with Gasteiger partial charge in [-0.15, -0.1) is 0 Å². The minimum atomic E-state index is 0.251. The molecule has 3 heterocycles. The van der Waals surface area contributed by atoms with Crippen LogP contribution >= 0.6 is 0 Å². The molecule has 0 amide bonds. The maximum absolute atomic E-state index is 5.45. The second kappa shape index (κ2) is 4.53. The van der Waals surface area contributed by atoms with Crippen molar-refractivity contribution < 1.29 is 4.42 Å². The molecular formula is C15H21N3O. The molecule has 1 fully saturated rings. The number of hydrogen-bond acceptors (Lipinski definition) is 4. The highest BCUT2D eigenvalue weighted by molar-refractivity contribution is 5.88. The molecule has 1 aliphatic heterocycles. The molecular weight excluding hydrogens is 238 g/mol. The lowest BCUT2D eigenvalue weighted by Crippen LogP contribution is -2.53. The third-order valence-corrected chi connectivity index (χ3v) is 3.89. The minimum Gasteiger partial charge on any atom is -0.464 e. The Morgan fingerprint density at radius 2 is 1.84 bits per heavy atom. The number of aromatic nitrogens is 1. The van der Waals surface area contributed by atoms with Gasteiger partial charge in [0.2, 0.25) is 0 Å². The highest BCUT2D eigenvalue weighted by Crippen LogP contribution is 2.27. The van der Waals surface area contributed by atoms with Crippen LogP contribution in [0.5, 0.6) is 0 Å². The number of fused-ring (bicyclic) bond motifs is 1. The van der Waals surface area contributed by atoms with E-state index in [0.717, 1.165) is 43.0 Å². The summed E-state index contributed by atoms with van der Waals surface area (Å²) in [7, 11) is 0. The number of pyridine rings is 1. The van der Waals surface area contributed by atoms with Crippen molar-refractivity contribution in [1.29, 1.82) is 0 Å². The molecule has 2 aromatic rings. The van der Waals surface area contributed by atoms with Crippen LogP contribution < -0.4 is 4.90 Å². The molecule has 102 valence electrons. The number of furan rings is 1. The van der Waals surface area contributed by atoms with Crippen LogP contribution in [-0.2, 0) is 0 Å². The zero-order chi connectivity index (χ0) is 13.5. The van der Waals surface area contributed by atoms with Gasteiger partial charge in [0, 0.05) is 37.9 Å². The summed E-state index contributed by atoms with van der Waals surface area (Å²) in [6.45, 7) is 11.0. The van der Waals surface area contributed by atoms with Crippen LogP contribution in [0.3, 0.4) is 0 Å². The van der Waals surface area contributed by atoms with Crippen molar-refractivity contribution in [3.8, 4) is 0 Å². The fourth-order valence-electron chi connectivity index (χ4n) is 2.72. The summed E-state index contributed by atoms with van der Waals surface area (Å²) in [5.41, 5.74) is 1.17. The summed E-state index contributed by atoms with van der Waals surface area (Å²) in [5.74, 6) is 1.06. The van der Waals surface area contributed by atoms with E-state index in [1.165, 1.54) is 0 Å². The smallest absolute Gasteiger partial charge is 0.139 e. The first-order chi connectivity index (χ1) is 9.05. The Morgan fingerprint density at radius 3 is 2.53 bits per heavy atom. The third-order valence-electron chi connectivity index (χ3n) is 3.89. The summed E-state index contributed by atoms with van der Waals surface area (Å²) in [6.07, 6.45) is 3.57. The van der Waals surface area contributed by atoms with Crippen LogP contribution in [-0.4, -0.2) is 41.6 Å². The predicted octanol–water partition coefficient (Wildman–Crippen LogP) is 2.75. The van der Waals surface area contributed by atoms with Crippen LogP contribution in [0.4, 0.5) is 5.82 Å². The predicted molar refractivity (Wildman–Crippen MR) is 77.5 cm³/mol. The van der Waals surface area contributed by atoms with Crippen LogP contribution in [0.25, 0.3) is 11.0 Å². The number of rotatable bonds is 1. The number of anilines is 1. The van der Waals surface area contributed by atoms with E-state index in [-0.39, 0.29) is 5.54 Å². The van der Waals surface area contributed by atoms with Gasteiger partial charge in [-0.1, -0.05) is 0 Å². The van der Waals surface area contributed by atoms with Crippen LogP contribution in [0.15, 0.2) is 29.0 Å². The molecule has 0 bridgehead atoms. The largest absolute Gasteiger partial charge is 0.464 e. The van der Waals surface area contributed by atoms with E-state index >= 15 is 0 Å². The van der Waals surface area contributed by atoms with Crippen LogP contribution in [0.2, 0.25) is 0 Å². The van der Waals surface area contributed by atoms with E-state index in [2.05, 4.69) is 35.6 Å². The molecule has 2 aromatic heterocycles. The van der Waals surface area contributed by atoms with Gasteiger partial charge in [0.05, 0.1) is 11.6 Å². The second-order valence-corrected chi connectivity index (χ2v) is 6.11. The van der Waals surface area contributed by atoms with E-state index < -0.39 is 0 Å². The van der Waals surface area contributed by atoms with E-state index in [4.69, 9.17) is 4.42 Å². The van der Waals surface area contributed by atoms with E-state index in [0.29, 0.717) is 0 Å². The molecule has 4 nitrogen and oxygen atoms in total. The first-order valence-electron chi connectivity index (χ1n) is 6.88. The molecule has 0 atom stereocenters. The number of piperazine rings is 1. The first kappa shape index (κ1) is 12.5. The molecule has 0 saturated carbocycles. The molecule has 0 spiro atoms. The fourth-order valence-corrected chi connectivity index (χ4v) is 2.72. The average molecular weight is 259 g/mol. The molecule has 0 radical (unpaired) electrons. The highest BCUT2D eigenvalue weighted by atomic mass is 16.3. The topological polar surface area (TPSA) is 32.5 Å². The van der Waals surface area contributed by atoms with Gasteiger partial charge in [-0.05, 0) is 32.9 Å². The summed E-state index contributed by atoms with van der Waals surface area (Å²) in [6, 6.07) is 3.93. The van der Waals surface area contributed by atoms with Crippen molar-refractivity contribution in [2.45, 2.75) is 26.3 Å². The summed E-state index contributed by atoms with van der Waals surface area (Å²) in [5, 5.41) is 1.12. The van der Waals surface area contributed by atoms with Crippen molar-refractivity contribution in [3.05, 3.63) is 24.6 Å². The number of hydrogen-bond donors (Lipinski definition) is 0. The fraction of sp³-hybridized carbons (Fsp3) is 0.533. The SMILES string of the molecule is CC(C)(C)N1CCN(c2nccc3occc23)CC1. The normalized spacial score (nSPS) is 18.2. The molecule has 19 heavy (non-hydrogen) atoms. The molecule has 0 aliphatic carbocycles. The number of nitrogens with zero attached hydrogens (tertiary/aromatic N) is 3.